The summed E-state index contributed by atoms with van der Waals surface area (Å²) in [7, 11) is 0. The predicted molar refractivity (Wildman–Crippen MR) is 68.2 cm³/mol. The molecule has 0 spiro atoms. The molecule has 0 aromatic heterocycles. The van der Waals surface area contributed by atoms with Crippen molar-refractivity contribution in [1.29, 1.82) is 0 Å². The molecule has 2 aliphatic rings. The summed E-state index contributed by atoms with van der Waals surface area (Å²) in [5, 5.41) is 0. The van der Waals surface area contributed by atoms with Crippen LogP contribution in [-0.4, -0.2) is 42.0 Å². The van der Waals surface area contributed by atoms with E-state index in [-0.39, 0.29) is 17.9 Å². The first-order valence-corrected chi connectivity index (χ1v) is 7.25. The maximum Gasteiger partial charge on any atom is 0.228 e. The largest absolute Gasteiger partial charge is 0.378 e. The molecule has 1 aliphatic heterocycles. The van der Waals surface area contributed by atoms with Gasteiger partial charge in [0.1, 0.15) is 0 Å². The number of hydrogen-bond donors (Lipinski definition) is 0. The Balaban J connectivity index is 2.01. The molecule has 0 bridgehead atoms. The fourth-order valence-electron chi connectivity index (χ4n) is 3.05. The summed E-state index contributed by atoms with van der Waals surface area (Å²) < 4.78 is 5.50. The normalized spacial score (nSPS) is 29.8. The van der Waals surface area contributed by atoms with Crippen molar-refractivity contribution in [2.24, 2.45) is 5.92 Å². The number of alkyl halides is 1. The quantitative estimate of drug-likeness (QED) is 0.726. The van der Waals surface area contributed by atoms with E-state index in [1.54, 1.807) is 0 Å². The predicted octanol–water partition coefficient (Wildman–Crippen LogP) is 2.42. The molecule has 1 saturated carbocycles. The van der Waals surface area contributed by atoms with Crippen LogP contribution in [-0.2, 0) is 9.53 Å². The minimum atomic E-state index is 0.0545. The average molecular weight is 260 g/mol. The van der Waals surface area contributed by atoms with Crippen LogP contribution < -0.4 is 0 Å². The van der Waals surface area contributed by atoms with Crippen molar-refractivity contribution in [2.45, 2.75) is 51.2 Å². The first-order chi connectivity index (χ1) is 8.24. The fourth-order valence-corrected chi connectivity index (χ4v) is 3.23. The van der Waals surface area contributed by atoms with Gasteiger partial charge in [0, 0.05) is 25.1 Å². The van der Waals surface area contributed by atoms with Crippen LogP contribution in [0.1, 0.15) is 39.0 Å². The van der Waals surface area contributed by atoms with Crippen LogP contribution in [0.2, 0.25) is 0 Å². The minimum Gasteiger partial charge on any atom is -0.378 e. The molecule has 1 aliphatic carbocycles. The molecule has 2 unspecified atom stereocenters. The lowest BCUT2D eigenvalue weighted by Gasteiger charge is -2.31. The first kappa shape index (κ1) is 13.2. The Labute approximate surface area is 108 Å². The Morgan fingerprint density at radius 2 is 2.06 bits per heavy atom. The summed E-state index contributed by atoms with van der Waals surface area (Å²) in [6, 6.07) is 0.425. The monoisotopic (exact) mass is 259 g/mol. The number of nitrogens with zero attached hydrogens (tertiary/aromatic N) is 1. The van der Waals surface area contributed by atoms with Gasteiger partial charge in [-0.1, -0.05) is 12.8 Å². The Hall–Kier alpha value is -0.280. The minimum absolute atomic E-state index is 0.0545. The van der Waals surface area contributed by atoms with Crippen LogP contribution in [0.25, 0.3) is 0 Å². The number of rotatable bonds is 4. The molecule has 2 rings (SSSR count). The molecule has 1 heterocycles. The van der Waals surface area contributed by atoms with Gasteiger partial charge in [-0.15, -0.1) is 11.6 Å². The number of hydrogen-bond acceptors (Lipinski definition) is 2. The highest BCUT2D eigenvalue weighted by atomic mass is 35.5. The zero-order valence-electron chi connectivity index (χ0n) is 10.5. The van der Waals surface area contributed by atoms with E-state index in [4.69, 9.17) is 16.3 Å². The molecule has 1 saturated heterocycles. The molecule has 0 radical (unpaired) electrons. The summed E-state index contributed by atoms with van der Waals surface area (Å²) in [6.07, 6.45) is 5.71. The second kappa shape index (κ2) is 6.05. The molecule has 0 aromatic rings. The third kappa shape index (κ3) is 2.94. The van der Waals surface area contributed by atoms with Gasteiger partial charge in [0.25, 0.3) is 0 Å². The lowest BCUT2D eigenvalue weighted by atomic mass is 9.99. The highest BCUT2D eigenvalue weighted by Crippen LogP contribution is 2.28. The molecule has 4 heteroatoms. The second-order valence-corrected chi connectivity index (χ2v) is 5.51. The molecule has 17 heavy (non-hydrogen) atoms. The topological polar surface area (TPSA) is 29.5 Å². The molecule has 1 amide bonds. The summed E-state index contributed by atoms with van der Waals surface area (Å²) in [5.74, 6) is 0.853. The van der Waals surface area contributed by atoms with Crippen molar-refractivity contribution >= 4 is 17.5 Å². The van der Waals surface area contributed by atoms with Gasteiger partial charge in [0.05, 0.1) is 12.0 Å². The van der Waals surface area contributed by atoms with Crippen LogP contribution in [0.5, 0.6) is 0 Å². The Bertz CT molecular complexity index is 266. The Morgan fingerprint density at radius 3 is 2.59 bits per heavy atom. The van der Waals surface area contributed by atoms with Crippen LogP contribution in [0, 0.1) is 5.92 Å². The van der Waals surface area contributed by atoms with Crippen molar-refractivity contribution in [3.05, 3.63) is 0 Å². The van der Waals surface area contributed by atoms with Crippen LogP contribution in [0.15, 0.2) is 0 Å². The van der Waals surface area contributed by atoms with Gasteiger partial charge in [-0.05, 0) is 26.2 Å². The van der Waals surface area contributed by atoms with Crippen molar-refractivity contribution in [2.75, 3.05) is 19.0 Å². The lowest BCUT2D eigenvalue weighted by molar-refractivity contribution is -0.139. The third-order valence-electron chi connectivity index (χ3n) is 4.07. The van der Waals surface area contributed by atoms with Crippen molar-refractivity contribution < 1.29 is 9.53 Å². The van der Waals surface area contributed by atoms with Gasteiger partial charge >= 0.3 is 0 Å². The van der Waals surface area contributed by atoms with E-state index in [9.17, 15) is 4.79 Å². The number of carbonyl (C=O) groups is 1. The molecule has 0 N–H and O–H groups in total. The Kier molecular flexibility index (Phi) is 4.69. The first-order valence-electron chi connectivity index (χ1n) is 6.72. The SMILES string of the molecule is CC1OCCC1C(=O)N(CCCl)C1CCCC1. The van der Waals surface area contributed by atoms with E-state index >= 15 is 0 Å². The van der Waals surface area contributed by atoms with Crippen molar-refractivity contribution in [3.63, 3.8) is 0 Å². The average Bonchev–Trinajstić information content (AvgIpc) is 2.95. The van der Waals surface area contributed by atoms with Crippen LogP contribution in [0.3, 0.4) is 0 Å². The zero-order valence-corrected chi connectivity index (χ0v) is 11.3. The fraction of sp³-hybridized carbons (Fsp3) is 0.923. The smallest absolute Gasteiger partial charge is 0.228 e. The molecular formula is C13H22ClNO2. The van der Waals surface area contributed by atoms with Crippen LogP contribution >= 0.6 is 11.6 Å². The zero-order chi connectivity index (χ0) is 12.3. The lowest BCUT2D eigenvalue weighted by Crippen LogP contribution is -2.45. The molecule has 98 valence electrons. The summed E-state index contributed by atoms with van der Waals surface area (Å²) in [4.78, 5) is 14.5. The number of ether oxygens (including phenoxy) is 1. The number of amides is 1. The van der Waals surface area contributed by atoms with E-state index in [0.717, 1.165) is 25.9 Å². The van der Waals surface area contributed by atoms with E-state index in [2.05, 4.69) is 0 Å². The van der Waals surface area contributed by atoms with Gasteiger partial charge < -0.3 is 9.64 Å². The Morgan fingerprint density at radius 1 is 1.35 bits per heavy atom. The van der Waals surface area contributed by atoms with Crippen molar-refractivity contribution in [3.8, 4) is 0 Å². The van der Waals surface area contributed by atoms with Gasteiger partial charge in [-0.25, -0.2) is 0 Å². The summed E-state index contributed by atoms with van der Waals surface area (Å²) >= 11 is 5.84. The molecule has 3 nitrogen and oxygen atoms in total. The molecule has 0 aromatic carbocycles. The maximum atomic E-state index is 12.5. The number of halogens is 1. The van der Waals surface area contributed by atoms with Gasteiger partial charge in [0.2, 0.25) is 5.91 Å². The van der Waals surface area contributed by atoms with Gasteiger partial charge in [-0.2, -0.15) is 0 Å². The number of carbonyl (C=O) groups excluding carboxylic acids is 1. The highest BCUT2D eigenvalue weighted by Gasteiger charge is 2.36. The van der Waals surface area contributed by atoms with Gasteiger partial charge in [0.15, 0.2) is 0 Å². The molecule has 2 atom stereocenters. The van der Waals surface area contributed by atoms with E-state index in [0.29, 0.717) is 18.5 Å². The van der Waals surface area contributed by atoms with E-state index < -0.39 is 0 Å². The summed E-state index contributed by atoms with van der Waals surface area (Å²) in [6.45, 7) is 3.41. The molecular weight excluding hydrogens is 238 g/mol. The van der Waals surface area contributed by atoms with Crippen molar-refractivity contribution in [1.82, 2.24) is 4.90 Å². The molecule has 2 fully saturated rings. The summed E-state index contributed by atoms with van der Waals surface area (Å²) in [5.41, 5.74) is 0. The standard InChI is InChI=1S/C13H22ClNO2/c1-10-12(6-9-17-10)13(16)15(8-7-14)11-4-2-3-5-11/h10-12H,2-9H2,1H3. The van der Waals surface area contributed by atoms with E-state index in [1.807, 2.05) is 11.8 Å². The van der Waals surface area contributed by atoms with Gasteiger partial charge in [-0.3, -0.25) is 4.79 Å². The van der Waals surface area contributed by atoms with Crippen LogP contribution in [0.4, 0.5) is 0 Å². The third-order valence-corrected chi connectivity index (χ3v) is 4.24. The maximum absolute atomic E-state index is 12.5. The second-order valence-electron chi connectivity index (χ2n) is 5.13. The highest BCUT2D eigenvalue weighted by molar-refractivity contribution is 6.18. The van der Waals surface area contributed by atoms with E-state index in [1.165, 1.54) is 12.8 Å².